The molecular formula is C17H20N2O3S2. The number of thioether (sulfide) groups is 1. The second-order valence-corrected chi connectivity index (χ2v) is 8.34. The average Bonchev–Trinajstić information content (AvgIpc) is 2.50. The van der Waals surface area contributed by atoms with Crippen LogP contribution in [0.25, 0.3) is 0 Å². The van der Waals surface area contributed by atoms with Crippen LogP contribution < -0.4 is 10.0 Å². The minimum Gasteiger partial charge on any atom is -0.321 e. The number of nitrogens with one attached hydrogen (secondary N) is 2. The van der Waals surface area contributed by atoms with Crippen LogP contribution in [0.5, 0.6) is 0 Å². The summed E-state index contributed by atoms with van der Waals surface area (Å²) < 4.78 is 25.1. The number of carbonyl (C=O) groups excluding carboxylic acids is 1. The lowest BCUT2D eigenvalue weighted by Crippen LogP contribution is -2.14. The van der Waals surface area contributed by atoms with Crippen molar-refractivity contribution in [2.45, 2.75) is 18.7 Å². The molecule has 0 saturated carbocycles. The van der Waals surface area contributed by atoms with Crippen molar-refractivity contribution in [3.8, 4) is 0 Å². The van der Waals surface area contributed by atoms with Gasteiger partial charge in [0.25, 0.3) is 5.91 Å². The molecule has 2 N–H and O–H groups in total. The van der Waals surface area contributed by atoms with E-state index in [0.29, 0.717) is 16.8 Å². The van der Waals surface area contributed by atoms with Gasteiger partial charge in [0.15, 0.2) is 0 Å². The number of hydrogen-bond acceptors (Lipinski definition) is 4. The molecule has 128 valence electrons. The zero-order valence-electron chi connectivity index (χ0n) is 13.8. The van der Waals surface area contributed by atoms with Gasteiger partial charge in [0, 0.05) is 10.5 Å². The molecule has 0 saturated heterocycles. The molecule has 0 aromatic heterocycles. The van der Waals surface area contributed by atoms with Crippen LogP contribution in [0.3, 0.4) is 0 Å². The standard InChI is InChI=1S/C17H20N2O3S2/c1-4-23-16-8-6-5-7-15(16)18-17(20)13-9-10-14(12(2)11-13)19-24(3,21)22/h5-11,19H,4H2,1-3H3,(H,18,20). The Morgan fingerprint density at radius 2 is 1.83 bits per heavy atom. The number of carbonyl (C=O) groups is 1. The minimum absolute atomic E-state index is 0.229. The predicted molar refractivity (Wildman–Crippen MR) is 100 cm³/mol. The van der Waals surface area contributed by atoms with Crippen LogP contribution in [0.1, 0.15) is 22.8 Å². The highest BCUT2D eigenvalue weighted by molar-refractivity contribution is 7.99. The Hall–Kier alpha value is -1.99. The topological polar surface area (TPSA) is 75.3 Å². The third-order valence-electron chi connectivity index (χ3n) is 3.22. The van der Waals surface area contributed by atoms with Crippen molar-refractivity contribution in [3.05, 3.63) is 53.6 Å². The molecule has 0 aliphatic rings. The third-order valence-corrected chi connectivity index (χ3v) is 4.77. The van der Waals surface area contributed by atoms with E-state index in [4.69, 9.17) is 0 Å². The van der Waals surface area contributed by atoms with Crippen molar-refractivity contribution in [2.24, 2.45) is 0 Å². The Kier molecular flexibility index (Phi) is 5.90. The van der Waals surface area contributed by atoms with Gasteiger partial charge in [0.1, 0.15) is 0 Å². The number of anilines is 2. The van der Waals surface area contributed by atoms with Gasteiger partial charge in [-0.3, -0.25) is 9.52 Å². The number of sulfonamides is 1. The highest BCUT2D eigenvalue weighted by Crippen LogP contribution is 2.27. The first-order valence-electron chi connectivity index (χ1n) is 7.42. The summed E-state index contributed by atoms with van der Waals surface area (Å²) >= 11 is 1.66. The van der Waals surface area contributed by atoms with Gasteiger partial charge in [-0.25, -0.2) is 8.42 Å². The van der Waals surface area contributed by atoms with E-state index in [1.54, 1.807) is 36.9 Å². The smallest absolute Gasteiger partial charge is 0.255 e. The molecule has 2 aromatic carbocycles. The van der Waals surface area contributed by atoms with Crippen molar-refractivity contribution < 1.29 is 13.2 Å². The van der Waals surface area contributed by atoms with Gasteiger partial charge in [0.2, 0.25) is 10.0 Å². The molecule has 0 fully saturated rings. The third kappa shape index (κ3) is 5.01. The normalized spacial score (nSPS) is 11.1. The van der Waals surface area contributed by atoms with Gasteiger partial charge in [-0.05, 0) is 48.6 Å². The molecule has 0 unspecified atom stereocenters. The fourth-order valence-corrected chi connectivity index (χ4v) is 3.55. The van der Waals surface area contributed by atoms with Crippen LogP contribution in [-0.4, -0.2) is 26.3 Å². The first kappa shape index (κ1) is 18.4. The van der Waals surface area contributed by atoms with Gasteiger partial charge in [0.05, 0.1) is 17.6 Å². The Balaban J connectivity index is 2.20. The number of benzene rings is 2. The summed E-state index contributed by atoms with van der Waals surface area (Å²) in [5, 5.41) is 2.91. The van der Waals surface area contributed by atoms with E-state index in [2.05, 4.69) is 17.0 Å². The van der Waals surface area contributed by atoms with E-state index in [1.807, 2.05) is 24.3 Å². The van der Waals surface area contributed by atoms with Crippen LogP contribution in [0.2, 0.25) is 0 Å². The van der Waals surface area contributed by atoms with E-state index in [0.717, 1.165) is 22.6 Å². The molecule has 1 amide bonds. The van der Waals surface area contributed by atoms with Gasteiger partial charge in [-0.2, -0.15) is 0 Å². The maximum absolute atomic E-state index is 12.5. The van der Waals surface area contributed by atoms with Crippen LogP contribution in [0.15, 0.2) is 47.4 Å². The molecule has 2 aromatic rings. The Morgan fingerprint density at radius 1 is 1.12 bits per heavy atom. The second kappa shape index (κ2) is 7.72. The predicted octanol–water partition coefficient (Wildman–Crippen LogP) is 3.73. The first-order valence-corrected chi connectivity index (χ1v) is 10.3. The van der Waals surface area contributed by atoms with Gasteiger partial charge in [-0.15, -0.1) is 11.8 Å². The number of amides is 1. The number of rotatable bonds is 6. The van der Waals surface area contributed by atoms with Gasteiger partial charge >= 0.3 is 0 Å². The fraction of sp³-hybridized carbons (Fsp3) is 0.235. The lowest BCUT2D eigenvalue weighted by atomic mass is 10.1. The lowest BCUT2D eigenvalue weighted by Gasteiger charge is -2.12. The summed E-state index contributed by atoms with van der Waals surface area (Å²) in [6, 6.07) is 12.5. The summed E-state index contributed by atoms with van der Waals surface area (Å²) in [6.07, 6.45) is 1.09. The SMILES string of the molecule is CCSc1ccccc1NC(=O)c1ccc(NS(C)(=O)=O)c(C)c1. The van der Waals surface area contributed by atoms with Crippen LogP contribution in [0, 0.1) is 6.92 Å². The van der Waals surface area contributed by atoms with Crippen LogP contribution in [-0.2, 0) is 10.0 Å². The summed E-state index contributed by atoms with van der Waals surface area (Å²) in [5.74, 6) is 0.686. The van der Waals surface area contributed by atoms with Gasteiger partial charge < -0.3 is 5.32 Å². The second-order valence-electron chi connectivity index (χ2n) is 5.29. The van der Waals surface area contributed by atoms with Gasteiger partial charge in [-0.1, -0.05) is 19.1 Å². The fourth-order valence-electron chi connectivity index (χ4n) is 2.16. The largest absolute Gasteiger partial charge is 0.321 e. The molecule has 0 spiro atoms. The number of para-hydroxylation sites is 1. The highest BCUT2D eigenvalue weighted by atomic mass is 32.2. The maximum Gasteiger partial charge on any atom is 0.255 e. The number of hydrogen-bond donors (Lipinski definition) is 2. The van der Waals surface area contributed by atoms with Crippen molar-refractivity contribution in [1.29, 1.82) is 0 Å². The summed E-state index contributed by atoms with van der Waals surface area (Å²) in [5.41, 5.74) is 2.40. The van der Waals surface area contributed by atoms with E-state index < -0.39 is 10.0 Å². The monoisotopic (exact) mass is 364 g/mol. The molecule has 0 radical (unpaired) electrons. The van der Waals surface area contributed by atoms with Crippen molar-refractivity contribution >= 4 is 39.1 Å². The van der Waals surface area contributed by atoms with E-state index >= 15 is 0 Å². The molecule has 0 bridgehead atoms. The summed E-state index contributed by atoms with van der Waals surface area (Å²) in [7, 11) is -3.35. The van der Waals surface area contributed by atoms with Crippen LogP contribution in [0.4, 0.5) is 11.4 Å². The van der Waals surface area contributed by atoms with Crippen molar-refractivity contribution in [3.63, 3.8) is 0 Å². The zero-order chi connectivity index (χ0) is 17.7. The van der Waals surface area contributed by atoms with E-state index in [-0.39, 0.29) is 5.91 Å². The molecular weight excluding hydrogens is 344 g/mol. The molecule has 5 nitrogen and oxygen atoms in total. The first-order chi connectivity index (χ1) is 11.3. The molecule has 0 aliphatic heterocycles. The Labute approximate surface area is 146 Å². The highest BCUT2D eigenvalue weighted by Gasteiger charge is 2.12. The molecule has 7 heteroatoms. The van der Waals surface area contributed by atoms with Crippen molar-refractivity contribution in [2.75, 3.05) is 22.0 Å². The van der Waals surface area contributed by atoms with Crippen LogP contribution >= 0.6 is 11.8 Å². The Bertz CT molecular complexity index is 849. The maximum atomic E-state index is 12.5. The van der Waals surface area contributed by atoms with E-state index in [1.165, 1.54) is 0 Å². The quantitative estimate of drug-likeness (QED) is 0.766. The van der Waals surface area contributed by atoms with Crippen molar-refractivity contribution in [1.82, 2.24) is 0 Å². The summed E-state index contributed by atoms with van der Waals surface area (Å²) in [6.45, 7) is 3.81. The van der Waals surface area contributed by atoms with E-state index in [9.17, 15) is 13.2 Å². The lowest BCUT2D eigenvalue weighted by molar-refractivity contribution is 0.102. The minimum atomic E-state index is -3.35. The average molecular weight is 364 g/mol. The zero-order valence-corrected chi connectivity index (χ0v) is 15.4. The molecule has 2 rings (SSSR count). The molecule has 0 aliphatic carbocycles. The molecule has 0 atom stereocenters. The molecule has 0 heterocycles. The molecule has 24 heavy (non-hydrogen) atoms. The number of aryl methyl sites for hydroxylation is 1. The Morgan fingerprint density at radius 3 is 2.46 bits per heavy atom. The summed E-state index contributed by atoms with van der Waals surface area (Å²) in [4.78, 5) is 13.5.